The molecule has 0 aliphatic heterocycles. The van der Waals surface area contributed by atoms with Crippen LogP contribution in [0.5, 0.6) is 0 Å². The van der Waals surface area contributed by atoms with Crippen molar-refractivity contribution in [3.05, 3.63) is 290 Å². The highest BCUT2D eigenvalue weighted by molar-refractivity contribution is 5.93. The van der Waals surface area contributed by atoms with E-state index in [1.54, 1.807) is 0 Å². The van der Waals surface area contributed by atoms with E-state index >= 15 is 0 Å². The molecule has 0 N–H and O–H groups in total. The lowest BCUT2D eigenvalue weighted by Crippen LogP contribution is -2.11. The van der Waals surface area contributed by atoms with Crippen molar-refractivity contribution in [1.29, 1.82) is 0 Å². The van der Waals surface area contributed by atoms with Gasteiger partial charge in [-0.15, -0.1) is 0 Å². The molecule has 2 heteroatoms. The van der Waals surface area contributed by atoms with Crippen LogP contribution in [0.1, 0.15) is 11.1 Å². The summed E-state index contributed by atoms with van der Waals surface area (Å²) < 4.78 is 0. The monoisotopic (exact) mass is 896 g/mol. The van der Waals surface area contributed by atoms with Crippen LogP contribution in [0.15, 0.2) is 279 Å². The average molecular weight is 897 g/mol. The lowest BCUT2D eigenvalue weighted by atomic mass is 9.95. The van der Waals surface area contributed by atoms with Crippen molar-refractivity contribution in [2.45, 2.75) is 13.8 Å². The molecule has 2 nitrogen and oxygen atoms in total. The Balaban J connectivity index is 0.904. The van der Waals surface area contributed by atoms with Gasteiger partial charge in [0.25, 0.3) is 0 Å². The molecule has 0 heterocycles. The molecule has 0 saturated carbocycles. The summed E-state index contributed by atoms with van der Waals surface area (Å²) in [5.41, 5.74) is 23.3. The van der Waals surface area contributed by atoms with Crippen molar-refractivity contribution >= 4 is 34.1 Å². The van der Waals surface area contributed by atoms with Crippen molar-refractivity contribution in [3.8, 4) is 66.8 Å². The molecule has 0 atom stereocenters. The van der Waals surface area contributed by atoms with Crippen LogP contribution >= 0.6 is 0 Å². The van der Waals surface area contributed by atoms with Gasteiger partial charge in [0.2, 0.25) is 0 Å². The van der Waals surface area contributed by atoms with Crippen LogP contribution in [0, 0.1) is 13.8 Å². The van der Waals surface area contributed by atoms with Gasteiger partial charge in [-0.2, -0.15) is 0 Å². The summed E-state index contributed by atoms with van der Waals surface area (Å²) >= 11 is 0. The largest absolute Gasteiger partial charge is 0.310 e. The molecule has 70 heavy (non-hydrogen) atoms. The van der Waals surface area contributed by atoms with E-state index in [1.165, 1.54) is 77.9 Å². The number of benzene rings is 11. The average Bonchev–Trinajstić information content (AvgIpc) is 3.43. The molecule has 0 aromatic heterocycles. The second kappa shape index (κ2) is 19.7. The Bertz CT molecular complexity index is 3240. The maximum atomic E-state index is 2.38. The molecule has 11 rings (SSSR count). The van der Waals surface area contributed by atoms with Crippen LogP contribution < -0.4 is 9.80 Å². The Kier molecular flexibility index (Phi) is 12.3. The van der Waals surface area contributed by atoms with Crippen LogP contribution in [0.3, 0.4) is 0 Å². The second-order valence-electron chi connectivity index (χ2n) is 17.9. The fraction of sp³-hybridized carbons (Fsp3) is 0.0294. The molecule has 0 amide bonds. The molecule has 0 saturated heterocycles. The highest BCUT2D eigenvalue weighted by atomic mass is 15.1. The summed E-state index contributed by atoms with van der Waals surface area (Å²) in [6.45, 7) is 4.28. The van der Waals surface area contributed by atoms with Gasteiger partial charge in [0.1, 0.15) is 0 Å². The number of rotatable bonds is 12. The SMILES string of the molecule is Cc1ccc(N(c2ccc(-c3ccc(-c4ccc(N(c5ccc(C)cc5)c5ccc(-c6ccccc6)cc5-c5ccccc5)cc4)cc3)cc2)c2ccc(-c3ccccc3)cc2-c2ccccc2)cc1. The molecule has 0 bridgehead atoms. The molecule has 11 aromatic carbocycles. The summed E-state index contributed by atoms with van der Waals surface area (Å²) in [4.78, 5) is 4.77. The molecule has 0 aliphatic rings. The first kappa shape index (κ1) is 43.6. The van der Waals surface area contributed by atoms with Gasteiger partial charge in [0, 0.05) is 33.9 Å². The number of hydrogen-bond donors (Lipinski definition) is 0. The third kappa shape index (κ3) is 9.19. The fourth-order valence-electron chi connectivity index (χ4n) is 9.48. The zero-order chi connectivity index (χ0) is 47.2. The van der Waals surface area contributed by atoms with E-state index in [1.807, 2.05) is 0 Å². The van der Waals surface area contributed by atoms with Crippen LogP contribution in [-0.4, -0.2) is 0 Å². The Morgan fingerprint density at radius 2 is 0.429 bits per heavy atom. The minimum atomic E-state index is 1.09. The maximum absolute atomic E-state index is 2.38. The van der Waals surface area contributed by atoms with E-state index in [9.17, 15) is 0 Å². The van der Waals surface area contributed by atoms with Crippen LogP contribution in [0.2, 0.25) is 0 Å². The van der Waals surface area contributed by atoms with Crippen LogP contribution in [0.25, 0.3) is 66.8 Å². The zero-order valence-corrected chi connectivity index (χ0v) is 39.5. The summed E-state index contributed by atoms with van der Waals surface area (Å²) in [5, 5.41) is 0. The Morgan fingerprint density at radius 3 is 0.729 bits per heavy atom. The van der Waals surface area contributed by atoms with Gasteiger partial charge in [-0.1, -0.05) is 217 Å². The van der Waals surface area contributed by atoms with Crippen molar-refractivity contribution in [2.24, 2.45) is 0 Å². The number of nitrogens with zero attached hydrogens (tertiary/aromatic N) is 2. The summed E-state index contributed by atoms with van der Waals surface area (Å²) in [5.74, 6) is 0. The van der Waals surface area contributed by atoms with Crippen molar-refractivity contribution < 1.29 is 0 Å². The first-order valence-electron chi connectivity index (χ1n) is 24.1. The van der Waals surface area contributed by atoms with Gasteiger partial charge in [0.15, 0.2) is 0 Å². The van der Waals surface area contributed by atoms with Gasteiger partial charge in [-0.05, 0) is 142 Å². The molecule has 0 unspecified atom stereocenters. The number of aryl methyl sites for hydroxylation is 2. The van der Waals surface area contributed by atoms with E-state index < -0.39 is 0 Å². The lowest BCUT2D eigenvalue weighted by molar-refractivity contribution is 1.27. The van der Waals surface area contributed by atoms with Crippen molar-refractivity contribution in [3.63, 3.8) is 0 Å². The first-order chi connectivity index (χ1) is 34.5. The summed E-state index contributed by atoms with van der Waals surface area (Å²) in [7, 11) is 0. The van der Waals surface area contributed by atoms with E-state index in [-0.39, 0.29) is 0 Å². The Morgan fingerprint density at radius 1 is 0.200 bits per heavy atom. The van der Waals surface area contributed by atoms with Gasteiger partial charge in [-0.3, -0.25) is 0 Å². The summed E-state index contributed by atoms with van der Waals surface area (Å²) in [6, 6.07) is 101. The highest BCUT2D eigenvalue weighted by Crippen LogP contribution is 2.45. The highest BCUT2D eigenvalue weighted by Gasteiger charge is 2.21. The van der Waals surface area contributed by atoms with Gasteiger partial charge >= 0.3 is 0 Å². The second-order valence-corrected chi connectivity index (χ2v) is 17.9. The smallest absolute Gasteiger partial charge is 0.0540 e. The van der Waals surface area contributed by atoms with Gasteiger partial charge < -0.3 is 9.80 Å². The van der Waals surface area contributed by atoms with E-state index in [0.29, 0.717) is 0 Å². The maximum Gasteiger partial charge on any atom is 0.0540 e. The minimum Gasteiger partial charge on any atom is -0.310 e. The molecule has 11 aromatic rings. The standard InChI is InChI=1S/C68H52N2/c1-49-23-37-61(38-24-49)69(67-45-35-59(51-15-7-3-8-16-51)47-65(67)57-19-11-5-12-20-57)63-41-31-55(32-42-63)53-27-29-54(30-28-53)56-33-43-64(44-34-56)70(62-39-25-50(2)26-40-62)68-46-36-60(52-17-9-4-10-18-52)48-66(68)58-21-13-6-14-22-58/h3-48H,1-2H3. The zero-order valence-electron chi connectivity index (χ0n) is 39.5. The predicted octanol–water partition coefficient (Wildman–Crippen LogP) is 19.2. The normalized spacial score (nSPS) is 11.0. The van der Waals surface area contributed by atoms with Crippen LogP contribution in [0.4, 0.5) is 34.1 Å². The molecule has 334 valence electrons. The quantitative estimate of drug-likeness (QED) is 0.121. The van der Waals surface area contributed by atoms with Crippen LogP contribution in [-0.2, 0) is 0 Å². The van der Waals surface area contributed by atoms with Gasteiger partial charge in [0.05, 0.1) is 11.4 Å². The lowest BCUT2D eigenvalue weighted by Gasteiger charge is -2.29. The third-order valence-corrected chi connectivity index (χ3v) is 13.2. The van der Waals surface area contributed by atoms with E-state index in [0.717, 1.165) is 34.1 Å². The molecular weight excluding hydrogens is 845 g/mol. The topological polar surface area (TPSA) is 6.48 Å². The number of hydrogen-bond acceptors (Lipinski definition) is 2. The predicted molar refractivity (Wildman–Crippen MR) is 298 cm³/mol. The van der Waals surface area contributed by atoms with Gasteiger partial charge in [-0.25, -0.2) is 0 Å². The molecule has 0 spiro atoms. The molecule has 0 radical (unpaired) electrons. The van der Waals surface area contributed by atoms with Crippen molar-refractivity contribution in [1.82, 2.24) is 0 Å². The van der Waals surface area contributed by atoms with Crippen molar-refractivity contribution in [2.75, 3.05) is 9.80 Å². The van der Waals surface area contributed by atoms with E-state index in [4.69, 9.17) is 0 Å². The molecular formula is C68H52N2. The first-order valence-corrected chi connectivity index (χ1v) is 24.1. The Hall–Kier alpha value is -8.98. The van der Waals surface area contributed by atoms with E-state index in [2.05, 4.69) is 303 Å². The number of anilines is 6. The Labute approximate surface area is 412 Å². The molecule has 0 aliphatic carbocycles. The molecule has 0 fully saturated rings. The fourth-order valence-corrected chi connectivity index (χ4v) is 9.48. The third-order valence-electron chi connectivity index (χ3n) is 13.2. The minimum absolute atomic E-state index is 1.09. The summed E-state index contributed by atoms with van der Waals surface area (Å²) in [6.07, 6.45) is 0.